The zero-order chi connectivity index (χ0) is 37.8. The second-order valence-electron chi connectivity index (χ2n) is 14.0. The maximum Gasteiger partial charge on any atom is 0.335 e. The van der Waals surface area contributed by atoms with Crippen molar-refractivity contribution in [3.8, 4) is 22.6 Å². The molecule has 286 valence electrons. The molecule has 0 spiro atoms. The van der Waals surface area contributed by atoms with Crippen molar-refractivity contribution in [3.05, 3.63) is 108 Å². The summed E-state index contributed by atoms with van der Waals surface area (Å²) in [5.74, 6) is 1.54. The first-order valence-corrected chi connectivity index (χ1v) is 19.3. The lowest BCUT2D eigenvalue weighted by molar-refractivity contribution is -0.141. The molecule has 1 aliphatic rings. The maximum absolute atomic E-state index is 11.6. The molecular formula is C45H58O8. The average molecular weight is 727 g/mol. The van der Waals surface area contributed by atoms with Crippen LogP contribution in [0.25, 0.3) is 11.1 Å². The van der Waals surface area contributed by atoms with Crippen molar-refractivity contribution in [2.75, 3.05) is 39.6 Å². The summed E-state index contributed by atoms with van der Waals surface area (Å²) in [5, 5.41) is 17.9. The van der Waals surface area contributed by atoms with E-state index in [1.54, 1.807) is 0 Å². The van der Waals surface area contributed by atoms with Crippen LogP contribution in [0.4, 0.5) is 0 Å². The number of unbranched alkanes of at least 4 members (excludes halogenated alkanes) is 4. The highest BCUT2D eigenvalue weighted by Crippen LogP contribution is 2.38. The molecular weight excluding hydrogens is 668 g/mol. The van der Waals surface area contributed by atoms with Gasteiger partial charge in [-0.15, -0.1) is 0 Å². The SMILES string of the molecule is C=C(CO)C(=O)OCCOc1ccc(-c2ccc(CCC3CCC(c4ccc(OCCOC(=O)C(=C)CO)cc4)CC3)c(CCCCCCC)c2)cc1. The first kappa shape index (κ1) is 41.4. The third-order valence-corrected chi connectivity index (χ3v) is 10.1. The van der Waals surface area contributed by atoms with Crippen molar-refractivity contribution >= 4 is 11.9 Å². The first-order valence-electron chi connectivity index (χ1n) is 19.3. The molecule has 0 radical (unpaired) electrons. The van der Waals surface area contributed by atoms with E-state index in [0.29, 0.717) is 11.7 Å². The molecule has 0 aromatic heterocycles. The van der Waals surface area contributed by atoms with E-state index in [-0.39, 0.29) is 37.6 Å². The molecule has 2 N–H and O–H groups in total. The Labute approximate surface area is 315 Å². The molecule has 0 bridgehead atoms. The summed E-state index contributed by atoms with van der Waals surface area (Å²) in [4.78, 5) is 23.2. The number of esters is 2. The van der Waals surface area contributed by atoms with Crippen molar-refractivity contribution in [2.45, 2.75) is 89.9 Å². The molecule has 4 rings (SSSR count). The van der Waals surface area contributed by atoms with E-state index in [1.807, 2.05) is 24.3 Å². The van der Waals surface area contributed by atoms with Crippen molar-refractivity contribution in [2.24, 2.45) is 5.92 Å². The molecule has 8 heteroatoms. The molecule has 0 unspecified atom stereocenters. The predicted molar refractivity (Wildman–Crippen MR) is 209 cm³/mol. The van der Waals surface area contributed by atoms with Gasteiger partial charge < -0.3 is 29.2 Å². The van der Waals surface area contributed by atoms with Gasteiger partial charge in [0.1, 0.15) is 37.9 Å². The van der Waals surface area contributed by atoms with Gasteiger partial charge in [0.05, 0.1) is 24.4 Å². The number of carbonyl (C=O) groups is 2. The van der Waals surface area contributed by atoms with Gasteiger partial charge in [-0.1, -0.05) is 88.2 Å². The van der Waals surface area contributed by atoms with Gasteiger partial charge in [0.2, 0.25) is 0 Å². The molecule has 0 heterocycles. The van der Waals surface area contributed by atoms with Crippen LogP contribution < -0.4 is 9.47 Å². The number of ether oxygens (including phenoxy) is 4. The Hall–Kier alpha value is -4.40. The van der Waals surface area contributed by atoms with Gasteiger partial charge in [-0.05, 0) is 115 Å². The van der Waals surface area contributed by atoms with E-state index in [2.05, 4.69) is 62.5 Å². The molecule has 3 aromatic carbocycles. The Balaban J connectivity index is 1.26. The number of carbonyl (C=O) groups excluding carboxylic acids is 2. The monoisotopic (exact) mass is 726 g/mol. The summed E-state index contributed by atoms with van der Waals surface area (Å²) in [5.41, 5.74) is 6.72. The van der Waals surface area contributed by atoms with Crippen LogP contribution in [0.1, 0.15) is 93.7 Å². The van der Waals surface area contributed by atoms with Crippen LogP contribution in [0.5, 0.6) is 11.5 Å². The number of hydrogen-bond acceptors (Lipinski definition) is 8. The zero-order valence-corrected chi connectivity index (χ0v) is 31.5. The topological polar surface area (TPSA) is 112 Å². The van der Waals surface area contributed by atoms with Crippen LogP contribution in [0.15, 0.2) is 91.0 Å². The van der Waals surface area contributed by atoms with Crippen LogP contribution in [0.3, 0.4) is 0 Å². The molecule has 53 heavy (non-hydrogen) atoms. The van der Waals surface area contributed by atoms with Gasteiger partial charge in [0.25, 0.3) is 0 Å². The molecule has 3 aromatic rings. The summed E-state index contributed by atoms with van der Waals surface area (Å²) in [6.07, 6.45) is 14.6. The minimum Gasteiger partial charge on any atom is -0.490 e. The largest absolute Gasteiger partial charge is 0.490 e. The third kappa shape index (κ3) is 13.8. The van der Waals surface area contributed by atoms with Gasteiger partial charge in [0.15, 0.2) is 0 Å². The summed E-state index contributed by atoms with van der Waals surface area (Å²) >= 11 is 0. The number of aliphatic hydroxyl groups is 2. The molecule has 0 atom stereocenters. The summed E-state index contributed by atoms with van der Waals surface area (Å²) in [6, 6.07) is 23.3. The predicted octanol–water partition coefficient (Wildman–Crippen LogP) is 8.71. The van der Waals surface area contributed by atoms with Gasteiger partial charge in [-0.25, -0.2) is 9.59 Å². The number of benzene rings is 3. The number of hydrogen-bond donors (Lipinski definition) is 2. The molecule has 1 saturated carbocycles. The Kier molecular flexibility index (Phi) is 17.7. The summed E-state index contributed by atoms with van der Waals surface area (Å²) < 4.78 is 21.6. The highest BCUT2D eigenvalue weighted by atomic mass is 16.6. The molecule has 0 aliphatic heterocycles. The molecule has 1 fully saturated rings. The van der Waals surface area contributed by atoms with Crippen molar-refractivity contribution < 1.29 is 38.7 Å². The number of aryl methyl sites for hydroxylation is 2. The fourth-order valence-corrected chi connectivity index (χ4v) is 6.85. The molecule has 0 amide bonds. The Bertz CT molecular complexity index is 1590. The summed E-state index contributed by atoms with van der Waals surface area (Å²) in [7, 11) is 0. The highest BCUT2D eigenvalue weighted by molar-refractivity contribution is 5.88. The lowest BCUT2D eigenvalue weighted by Crippen LogP contribution is -2.15. The van der Waals surface area contributed by atoms with E-state index >= 15 is 0 Å². The van der Waals surface area contributed by atoms with Crippen LogP contribution in [0.2, 0.25) is 0 Å². The molecule has 8 nitrogen and oxygen atoms in total. The fourth-order valence-electron chi connectivity index (χ4n) is 6.85. The smallest absolute Gasteiger partial charge is 0.335 e. The number of aliphatic hydroxyl groups excluding tert-OH is 2. The van der Waals surface area contributed by atoms with Crippen LogP contribution in [0, 0.1) is 5.92 Å². The van der Waals surface area contributed by atoms with Crippen LogP contribution >= 0.6 is 0 Å². The Morgan fingerprint density at radius 2 is 1.19 bits per heavy atom. The highest BCUT2D eigenvalue weighted by Gasteiger charge is 2.23. The Morgan fingerprint density at radius 3 is 1.75 bits per heavy atom. The maximum atomic E-state index is 11.6. The standard InChI is InChI=1S/C45H58O8/c1-4-5-6-7-8-9-40-30-41(39-20-24-43(25-21-39)51-27-29-53-45(49)34(3)32-47)17-16-38(40)15-12-35-10-13-36(14-11-35)37-18-22-42(23-19-37)50-26-28-52-44(48)33(2)31-46/h16-25,30,35-36,46-47H,2-15,26-29,31-32H2,1H3. The van der Waals surface area contributed by atoms with Crippen LogP contribution in [-0.2, 0) is 31.9 Å². The van der Waals surface area contributed by atoms with Gasteiger partial charge in [-0.3, -0.25) is 0 Å². The van der Waals surface area contributed by atoms with Crippen LogP contribution in [-0.4, -0.2) is 61.8 Å². The second-order valence-corrected chi connectivity index (χ2v) is 14.0. The quantitative estimate of drug-likeness (QED) is 0.0567. The average Bonchev–Trinajstić information content (AvgIpc) is 3.20. The van der Waals surface area contributed by atoms with E-state index in [4.69, 9.17) is 29.2 Å². The van der Waals surface area contributed by atoms with E-state index in [1.165, 1.54) is 86.5 Å². The van der Waals surface area contributed by atoms with Crippen molar-refractivity contribution in [1.29, 1.82) is 0 Å². The minimum atomic E-state index is -0.613. The fraction of sp³-hybridized carbons (Fsp3) is 0.467. The van der Waals surface area contributed by atoms with E-state index in [0.717, 1.165) is 30.1 Å². The lowest BCUT2D eigenvalue weighted by atomic mass is 9.76. The number of rotatable bonds is 23. The van der Waals surface area contributed by atoms with Gasteiger partial charge in [0, 0.05) is 0 Å². The van der Waals surface area contributed by atoms with E-state index < -0.39 is 25.2 Å². The molecule has 0 saturated heterocycles. The van der Waals surface area contributed by atoms with Gasteiger partial charge in [-0.2, -0.15) is 0 Å². The first-order chi connectivity index (χ1) is 25.8. The van der Waals surface area contributed by atoms with Crippen molar-refractivity contribution in [1.82, 2.24) is 0 Å². The normalized spacial score (nSPS) is 15.4. The summed E-state index contributed by atoms with van der Waals surface area (Å²) in [6.45, 7) is 9.01. The molecule has 1 aliphatic carbocycles. The minimum absolute atomic E-state index is 0.0276. The van der Waals surface area contributed by atoms with Crippen molar-refractivity contribution in [3.63, 3.8) is 0 Å². The van der Waals surface area contributed by atoms with Gasteiger partial charge >= 0.3 is 11.9 Å². The zero-order valence-electron chi connectivity index (χ0n) is 31.5. The van der Waals surface area contributed by atoms with E-state index in [9.17, 15) is 9.59 Å². The lowest BCUT2D eigenvalue weighted by Gasteiger charge is -2.29. The third-order valence-electron chi connectivity index (χ3n) is 10.1. The Morgan fingerprint density at radius 1 is 0.642 bits per heavy atom. The second kappa shape index (κ2) is 22.6.